The van der Waals surface area contributed by atoms with Gasteiger partial charge in [0.2, 0.25) is 0 Å². The molecule has 1 aromatic heterocycles. The van der Waals surface area contributed by atoms with Crippen molar-refractivity contribution < 1.29 is 14.3 Å². The van der Waals surface area contributed by atoms with E-state index in [4.69, 9.17) is 4.74 Å². The monoisotopic (exact) mass is 301 g/mol. The van der Waals surface area contributed by atoms with E-state index in [0.717, 1.165) is 34.5 Å². The molecule has 2 aromatic rings. The molecular weight excluding hydrogens is 286 g/mol. The largest absolute Gasteiger partial charge is 0.461 e. The first-order chi connectivity index (χ1) is 10.2. The molecule has 1 heterocycles. The Morgan fingerprint density at radius 1 is 1.38 bits per heavy atom. The standard InChI is InChI=1S/C16H15NO3S/c1-2-20-16(19)13-9-21-15(17-13)11-7-6-10-4-3-5-14(18)12(10)8-11/h6-9H,2-5H2,1H3. The number of esters is 1. The number of fused-ring (bicyclic) bond motifs is 1. The highest BCUT2D eigenvalue weighted by Crippen LogP contribution is 2.29. The maximum Gasteiger partial charge on any atom is 0.357 e. The van der Waals surface area contributed by atoms with Crippen LogP contribution in [0.5, 0.6) is 0 Å². The van der Waals surface area contributed by atoms with Crippen LogP contribution in [0.25, 0.3) is 10.6 Å². The zero-order valence-corrected chi connectivity index (χ0v) is 12.5. The molecule has 0 saturated carbocycles. The number of nitrogens with zero attached hydrogens (tertiary/aromatic N) is 1. The number of Topliss-reactive ketones (excluding diaryl/α,β-unsaturated/α-hetero) is 1. The third-order valence-corrected chi connectivity index (χ3v) is 4.39. The molecule has 0 atom stereocenters. The summed E-state index contributed by atoms with van der Waals surface area (Å²) in [6.07, 6.45) is 2.49. The SMILES string of the molecule is CCOC(=O)c1csc(-c2ccc3c(c2)C(=O)CCC3)n1. The fourth-order valence-corrected chi connectivity index (χ4v) is 3.25. The summed E-state index contributed by atoms with van der Waals surface area (Å²) in [6.45, 7) is 2.10. The Kier molecular flexibility index (Phi) is 3.84. The van der Waals surface area contributed by atoms with Gasteiger partial charge in [-0.1, -0.05) is 12.1 Å². The van der Waals surface area contributed by atoms with E-state index in [2.05, 4.69) is 4.98 Å². The van der Waals surface area contributed by atoms with Gasteiger partial charge in [0.25, 0.3) is 0 Å². The molecule has 1 aliphatic carbocycles. The average Bonchev–Trinajstić information content (AvgIpc) is 2.98. The zero-order chi connectivity index (χ0) is 14.8. The molecule has 1 aromatic carbocycles. The zero-order valence-electron chi connectivity index (χ0n) is 11.7. The molecule has 0 amide bonds. The Hall–Kier alpha value is -2.01. The minimum absolute atomic E-state index is 0.195. The summed E-state index contributed by atoms with van der Waals surface area (Å²) >= 11 is 1.39. The molecule has 1 aliphatic rings. The van der Waals surface area contributed by atoms with E-state index < -0.39 is 5.97 Å². The normalized spacial score (nSPS) is 13.9. The molecule has 0 aliphatic heterocycles. The Morgan fingerprint density at radius 3 is 3.05 bits per heavy atom. The van der Waals surface area contributed by atoms with Gasteiger partial charge in [0.1, 0.15) is 5.01 Å². The highest BCUT2D eigenvalue weighted by molar-refractivity contribution is 7.13. The van der Waals surface area contributed by atoms with E-state index in [1.807, 2.05) is 18.2 Å². The average molecular weight is 301 g/mol. The van der Waals surface area contributed by atoms with Gasteiger partial charge in [0, 0.05) is 22.9 Å². The van der Waals surface area contributed by atoms with Crippen molar-refractivity contribution >= 4 is 23.1 Å². The summed E-state index contributed by atoms with van der Waals surface area (Å²) in [6, 6.07) is 5.85. The first-order valence-corrected chi connectivity index (χ1v) is 7.86. The molecule has 0 spiro atoms. The summed E-state index contributed by atoms with van der Waals surface area (Å²) in [5.41, 5.74) is 3.11. The second-order valence-electron chi connectivity index (χ2n) is 4.91. The number of benzene rings is 1. The number of ketones is 1. The van der Waals surface area contributed by atoms with Gasteiger partial charge in [-0.3, -0.25) is 4.79 Å². The van der Waals surface area contributed by atoms with E-state index >= 15 is 0 Å². The van der Waals surface area contributed by atoms with E-state index in [-0.39, 0.29) is 5.78 Å². The van der Waals surface area contributed by atoms with Gasteiger partial charge >= 0.3 is 5.97 Å². The van der Waals surface area contributed by atoms with Gasteiger partial charge in [0.15, 0.2) is 11.5 Å². The third-order valence-electron chi connectivity index (χ3n) is 3.50. The fourth-order valence-electron chi connectivity index (χ4n) is 2.47. The van der Waals surface area contributed by atoms with Crippen molar-refractivity contribution in [3.05, 3.63) is 40.4 Å². The van der Waals surface area contributed by atoms with Gasteiger partial charge in [0.05, 0.1) is 6.61 Å². The lowest BCUT2D eigenvalue weighted by atomic mass is 9.89. The fraction of sp³-hybridized carbons (Fsp3) is 0.312. The summed E-state index contributed by atoms with van der Waals surface area (Å²) < 4.78 is 4.94. The number of thiazole rings is 1. The summed E-state index contributed by atoms with van der Waals surface area (Å²) in [5, 5.41) is 2.42. The van der Waals surface area contributed by atoms with Gasteiger partial charge in [-0.2, -0.15) is 0 Å². The molecule has 108 valence electrons. The van der Waals surface area contributed by atoms with Crippen LogP contribution < -0.4 is 0 Å². The number of hydrogen-bond acceptors (Lipinski definition) is 5. The number of carbonyl (C=O) groups excluding carboxylic acids is 2. The van der Waals surface area contributed by atoms with Crippen LogP contribution >= 0.6 is 11.3 Å². The van der Waals surface area contributed by atoms with Gasteiger partial charge in [-0.25, -0.2) is 9.78 Å². The molecule has 0 saturated heterocycles. The molecule has 3 rings (SSSR count). The van der Waals surface area contributed by atoms with E-state index in [1.54, 1.807) is 12.3 Å². The van der Waals surface area contributed by atoms with Crippen molar-refractivity contribution in [1.82, 2.24) is 4.98 Å². The second-order valence-corrected chi connectivity index (χ2v) is 5.77. The molecule has 0 fully saturated rings. The smallest absolute Gasteiger partial charge is 0.357 e. The number of aryl methyl sites for hydroxylation is 1. The Labute approximate surface area is 126 Å². The Morgan fingerprint density at radius 2 is 2.24 bits per heavy atom. The summed E-state index contributed by atoms with van der Waals surface area (Å²) in [7, 11) is 0. The number of hydrogen-bond donors (Lipinski definition) is 0. The molecule has 0 N–H and O–H groups in total. The van der Waals surface area contributed by atoms with Crippen LogP contribution in [-0.4, -0.2) is 23.3 Å². The van der Waals surface area contributed by atoms with E-state index in [0.29, 0.717) is 18.7 Å². The predicted molar refractivity (Wildman–Crippen MR) is 80.8 cm³/mol. The van der Waals surface area contributed by atoms with Gasteiger partial charge < -0.3 is 4.74 Å². The van der Waals surface area contributed by atoms with Crippen molar-refractivity contribution in [3.8, 4) is 10.6 Å². The topological polar surface area (TPSA) is 56.3 Å². The highest BCUT2D eigenvalue weighted by atomic mass is 32.1. The van der Waals surface area contributed by atoms with Crippen molar-refractivity contribution in [2.45, 2.75) is 26.2 Å². The minimum atomic E-state index is -0.408. The quantitative estimate of drug-likeness (QED) is 0.814. The van der Waals surface area contributed by atoms with Crippen LogP contribution in [-0.2, 0) is 11.2 Å². The second kappa shape index (κ2) is 5.77. The molecule has 4 nitrogen and oxygen atoms in total. The van der Waals surface area contributed by atoms with Crippen LogP contribution in [0.15, 0.2) is 23.6 Å². The van der Waals surface area contributed by atoms with Gasteiger partial charge in [-0.15, -0.1) is 11.3 Å². The number of carbonyl (C=O) groups is 2. The van der Waals surface area contributed by atoms with Crippen LogP contribution in [0, 0.1) is 0 Å². The number of rotatable bonds is 3. The van der Waals surface area contributed by atoms with E-state index in [9.17, 15) is 9.59 Å². The lowest BCUT2D eigenvalue weighted by Crippen LogP contribution is -2.10. The van der Waals surface area contributed by atoms with Crippen LogP contribution in [0.3, 0.4) is 0 Å². The maximum absolute atomic E-state index is 12.0. The van der Waals surface area contributed by atoms with Crippen LogP contribution in [0.2, 0.25) is 0 Å². The first-order valence-electron chi connectivity index (χ1n) is 6.98. The third kappa shape index (κ3) is 2.74. The van der Waals surface area contributed by atoms with Crippen molar-refractivity contribution in [3.63, 3.8) is 0 Å². The maximum atomic E-state index is 12.0. The number of ether oxygens (including phenoxy) is 1. The molecule has 5 heteroatoms. The number of aromatic nitrogens is 1. The lowest BCUT2D eigenvalue weighted by Gasteiger charge is -2.14. The van der Waals surface area contributed by atoms with Crippen molar-refractivity contribution in [2.75, 3.05) is 6.61 Å². The molecular formula is C16H15NO3S. The summed E-state index contributed by atoms with van der Waals surface area (Å²) in [4.78, 5) is 27.9. The highest BCUT2D eigenvalue weighted by Gasteiger charge is 2.19. The van der Waals surface area contributed by atoms with Crippen LogP contribution in [0.1, 0.15) is 46.2 Å². The van der Waals surface area contributed by atoms with Crippen molar-refractivity contribution in [2.24, 2.45) is 0 Å². The predicted octanol–water partition coefficient (Wildman–Crippen LogP) is 3.51. The summed E-state index contributed by atoms with van der Waals surface area (Å²) in [5.74, 6) is -0.214. The first kappa shape index (κ1) is 13.9. The minimum Gasteiger partial charge on any atom is -0.461 e. The van der Waals surface area contributed by atoms with Crippen molar-refractivity contribution in [1.29, 1.82) is 0 Å². The van der Waals surface area contributed by atoms with Crippen LogP contribution in [0.4, 0.5) is 0 Å². The molecule has 0 unspecified atom stereocenters. The molecule has 21 heavy (non-hydrogen) atoms. The molecule has 0 bridgehead atoms. The lowest BCUT2D eigenvalue weighted by molar-refractivity contribution is 0.0520. The Balaban J connectivity index is 1.92. The van der Waals surface area contributed by atoms with E-state index in [1.165, 1.54) is 11.3 Å². The van der Waals surface area contributed by atoms with Gasteiger partial charge in [-0.05, 0) is 31.4 Å². The molecule has 0 radical (unpaired) electrons. The Bertz CT molecular complexity index is 705.